The lowest BCUT2D eigenvalue weighted by Gasteiger charge is -2.36. The Kier molecular flexibility index (Phi) is 5.88. The third-order valence-corrected chi connectivity index (χ3v) is 6.54. The lowest BCUT2D eigenvalue weighted by Crippen LogP contribution is -2.40. The van der Waals surface area contributed by atoms with Gasteiger partial charge in [0.15, 0.2) is 0 Å². The normalized spacial score (nSPS) is 20.1. The van der Waals surface area contributed by atoms with Crippen molar-refractivity contribution in [1.29, 1.82) is 0 Å². The van der Waals surface area contributed by atoms with Gasteiger partial charge in [0.25, 0.3) is 5.91 Å². The number of nitrogens with one attached hydrogen (secondary N) is 2. The first-order valence-electron chi connectivity index (χ1n) is 8.92. The summed E-state index contributed by atoms with van der Waals surface area (Å²) in [5.41, 5.74) is 2.40. The molecule has 0 aliphatic carbocycles. The van der Waals surface area contributed by atoms with E-state index in [1.807, 2.05) is 0 Å². The first-order valence-corrected chi connectivity index (χ1v) is 11.7. The number of nitrogens with zero attached hydrogens (tertiary/aromatic N) is 1. The van der Waals surface area contributed by atoms with Crippen LogP contribution in [0.5, 0.6) is 0 Å². The molecule has 146 valence electrons. The second kappa shape index (κ2) is 8.00. The van der Waals surface area contributed by atoms with Crippen molar-refractivity contribution in [3.05, 3.63) is 51.7 Å². The monoisotopic (exact) mass is 407 g/mol. The maximum Gasteiger partial charge on any atom is 0.251 e. The fourth-order valence-electron chi connectivity index (χ4n) is 3.46. The van der Waals surface area contributed by atoms with Gasteiger partial charge in [-0.05, 0) is 54.1 Å². The highest BCUT2D eigenvalue weighted by molar-refractivity contribution is 7.92. The van der Waals surface area contributed by atoms with Gasteiger partial charge in [0.05, 0.1) is 6.26 Å². The summed E-state index contributed by atoms with van der Waals surface area (Å²) >= 11 is 1.80. The second-order valence-electron chi connectivity index (χ2n) is 7.02. The van der Waals surface area contributed by atoms with E-state index in [4.69, 9.17) is 0 Å². The maximum atomic E-state index is 12.3. The highest BCUT2D eigenvalue weighted by Crippen LogP contribution is 2.38. The SMILES string of the molecule is C[C@@H]1CN(CCNC(=O)c2ccc(NS(C)(=O)=O)cc2)[C@@H](C)c2sccc21. The summed E-state index contributed by atoms with van der Waals surface area (Å²) in [5, 5.41) is 5.11. The van der Waals surface area contributed by atoms with Crippen LogP contribution < -0.4 is 10.0 Å². The Balaban J connectivity index is 1.53. The van der Waals surface area contributed by atoms with Crippen LogP contribution >= 0.6 is 11.3 Å². The topological polar surface area (TPSA) is 78.5 Å². The number of benzene rings is 1. The van der Waals surface area contributed by atoms with Crippen LogP contribution in [0.25, 0.3) is 0 Å². The van der Waals surface area contributed by atoms with Crippen LogP contribution in [0.4, 0.5) is 5.69 Å². The van der Waals surface area contributed by atoms with Crippen LogP contribution in [0.1, 0.15) is 46.6 Å². The number of hydrogen-bond donors (Lipinski definition) is 2. The maximum absolute atomic E-state index is 12.3. The molecule has 27 heavy (non-hydrogen) atoms. The zero-order valence-electron chi connectivity index (χ0n) is 15.7. The summed E-state index contributed by atoms with van der Waals surface area (Å²) in [6.07, 6.45) is 1.09. The Morgan fingerprint density at radius 3 is 2.59 bits per heavy atom. The molecule has 6 nitrogen and oxygen atoms in total. The average Bonchev–Trinajstić information content (AvgIpc) is 3.09. The molecule has 0 saturated heterocycles. The molecule has 1 aromatic heterocycles. The predicted molar refractivity (Wildman–Crippen MR) is 110 cm³/mol. The first kappa shape index (κ1) is 19.9. The Bertz CT molecular complexity index is 907. The van der Waals surface area contributed by atoms with Gasteiger partial charge in [0.1, 0.15) is 0 Å². The fourth-order valence-corrected chi connectivity index (χ4v) is 5.13. The average molecular weight is 408 g/mol. The quantitative estimate of drug-likeness (QED) is 0.772. The number of rotatable bonds is 6. The summed E-state index contributed by atoms with van der Waals surface area (Å²) in [4.78, 5) is 16.2. The molecule has 1 aliphatic heterocycles. The van der Waals surface area contributed by atoms with Gasteiger partial charge in [-0.3, -0.25) is 14.4 Å². The molecular weight excluding hydrogens is 382 g/mol. The van der Waals surface area contributed by atoms with Gasteiger partial charge in [-0.2, -0.15) is 0 Å². The third kappa shape index (κ3) is 4.88. The van der Waals surface area contributed by atoms with Gasteiger partial charge in [-0.1, -0.05) is 6.92 Å². The highest BCUT2D eigenvalue weighted by atomic mass is 32.2. The summed E-state index contributed by atoms with van der Waals surface area (Å²) in [6.45, 7) is 6.82. The predicted octanol–water partition coefficient (Wildman–Crippen LogP) is 3.03. The smallest absolute Gasteiger partial charge is 0.251 e. The molecule has 3 rings (SSSR count). The van der Waals surface area contributed by atoms with Crippen molar-refractivity contribution in [2.75, 3.05) is 30.6 Å². The molecule has 0 radical (unpaired) electrons. The molecule has 0 fully saturated rings. The number of sulfonamides is 1. The van der Waals surface area contributed by atoms with Crippen molar-refractivity contribution in [3.8, 4) is 0 Å². The molecule has 2 N–H and O–H groups in total. The van der Waals surface area contributed by atoms with E-state index in [0.717, 1.165) is 19.3 Å². The summed E-state index contributed by atoms with van der Waals surface area (Å²) in [7, 11) is -3.32. The second-order valence-corrected chi connectivity index (χ2v) is 9.72. The minimum atomic E-state index is -3.32. The molecule has 2 atom stereocenters. The van der Waals surface area contributed by atoms with E-state index >= 15 is 0 Å². The Morgan fingerprint density at radius 1 is 1.22 bits per heavy atom. The summed E-state index contributed by atoms with van der Waals surface area (Å²) in [6, 6.07) is 9.00. The molecule has 2 aromatic rings. The Labute approximate surface area is 164 Å². The first-order chi connectivity index (χ1) is 12.7. The van der Waals surface area contributed by atoms with Crippen molar-refractivity contribution in [2.45, 2.75) is 25.8 Å². The van der Waals surface area contributed by atoms with Crippen molar-refractivity contribution < 1.29 is 13.2 Å². The van der Waals surface area contributed by atoms with Gasteiger partial charge in [0, 0.05) is 41.8 Å². The fraction of sp³-hybridized carbons (Fsp3) is 0.421. The van der Waals surface area contributed by atoms with E-state index in [0.29, 0.717) is 29.8 Å². The van der Waals surface area contributed by atoms with E-state index in [2.05, 4.69) is 40.2 Å². The number of carbonyl (C=O) groups is 1. The van der Waals surface area contributed by atoms with Crippen LogP contribution in [0, 0.1) is 0 Å². The van der Waals surface area contributed by atoms with Crippen molar-refractivity contribution in [2.24, 2.45) is 0 Å². The van der Waals surface area contributed by atoms with E-state index in [1.165, 1.54) is 10.4 Å². The van der Waals surface area contributed by atoms with Gasteiger partial charge >= 0.3 is 0 Å². The van der Waals surface area contributed by atoms with Gasteiger partial charge in [-0.15, -0.1) is 11.3 Å². The lowest BCUT2D eigenvalue weighted by molar-refractivity contribution is 0.0942. The standard InChI is InChI=1S/C19H25N3O3S2/c1-13-12-22(14(2)18-17(13)8-11-26-18)10-9-20-19(23)15-4-6-16(7-5-15)21-27(3,24)25/h4-8,11,13-14,21H,9-10,12H2,1-3H3,(H,20,23)/t13-,14+/m1/s1. The molecule has 1 aromatic carbocycles. The van der Waals surface area contributed by atoms with Crippen molar-refractivity contribution in [3.63, 3.8) is 0 Å². The van der Waals surface area contributed by atoms with E-state index in [1.54, 1.807) is 35.6 Å². The zero-order chi connectivity index (χ0) is 19.6. The minimum absolute atomic E-state index is 0.157. The molecular formula is C19H25N3O3S2. The number of hydrogen-bond acceptors (Lipinski definition) is 5. The molecule has 1 aliphatic rings. The van der Waals surface area contributed by atoms with Crippen molar-refractivity contribution >= 4 is 33.0 Å². The highest BCUT2D eigenvalue weighted by Gasteiger charge is 2.28. The lowest BCUT2D eigenvalue weighted by atomic mass is 9.93. The van der Waals surface area contributed by atoms with E-state index < -0.39 is 10.0 Å². The van der Waals surface area contributed by atoms with E-state index in [-0.39, 0.29) is 5.91 Å². The molecule has 0 unspecified atom stereocenters. The number of thiophene rings is 1. The zero-order valence-corrected chi connectivity index (χ0v) is 17.4. The van der Waals surface area contributed by atoms with Crippen LogP contribution in [0.3, 0.4) is 0 Å². The molecule has 8 heteroatoms. The molecule has 0 bridgehead atoms. The Morgan fingerprint density at radius 2 is 1.93 bits per heavy atom. The molecule has 1 amide bonds. The Hall–Kier alpha value is -1.90. The van der Waals surface area contributed by atoms with Crippen LogP contribution in [-0.4, -0.2) is 45.1 Å². The molecule has 2 heterocycles. The van der Waals surface area contributed by atoms with E-state index in [9.17, 15) is 13.2 Å². The van der Waals surface area contributed by atoms with Crippen LogP contribution in [0.2, 0.25) is 0 Å². The number of carbonyl (C=O) groups excluding carboxylic acids is 1. The minimum Gasteiger partial charge on any atom is -0.351 e. The third-order valence-electron chi connectivity index (χ3n) is 4.83. The van der Waals surface area contributed by atoms with Gasteiger partial charge in [0.2, 0.25) is 10.0 Å². The number of anilines is 1. The van der Waals surface area contributed by atoms with Crippen LogP contribution in [0.15, 0.2) is 35.7 Å². The summed E-state index contributed by atoms with van der Waals surface area (Å²) < 4.78 is 24.8. The largest absolute Gasteiger partial charge is 0.351 e. The molecule has 0 spiro atoms. The summed E-state index contributed by atoms with van der Waals surface area (Å²) in [5.74, 6) is 0.350. The number of fused-ring (bicyclic) bond motifs is 1. The van der Waals surface area contributed by atoms with Gasteiger partial charge < -0.3 is 5.32 Å². The number of amides is 1. The molecule has 0 saturated carbocycles. The van der Waals surface area contributed by atoms with Gasteiger partial charge in [-0.25, -0.2) is 8.42 Å². The van der Waals surface area contributed by atoms with Crippen LogP contribution in [-0.2, 0) is 10.0 Å². The van der Waals surface area contributed by atoms with Crippen molar-refractivity contribution in [1.82, 2.24) is 10.2 Å².